The molecule has 6 nitrogen and oxygen atoms in total. The van der Waals surface area contributed by atoms with Gasteiger partial charge in [0.25, 0.3) is 5.56 Å². The van der Waals surface area contributed by atoms with E-state index >= 15 is 0 Å². The van der Waals surface area contributed by atoms with Gasteiger partial charge in [0.1, 0.15) is 5.56 Å². The molecule has 0 saturated carbocycles. The summed E-state index contributed by atoms with van der Waals surface area (Å²) in [7, 11) is 0. The standard InChI is InChI=1S/C23H21ClN4O2S/c1-2-27-12-11-16-15-5-3-4-6-17(15)25-19(16)20(27)18-21(29)26-23(31)28(22(18)30)14-9-7-13(24)8-10-14/h3-10,20,25,30H,2,11-12H2,1H3,(H,26,29,31). The zero-order valence-electron chi connectivity index (χ0n) is 16.9. The van der Waals surface area contributed by atoms with Crippen molar-refractivity contribution in [1.29, 1.82) is 0 Å². The maximum absolute atomic E-state index is 13.1. The van der Waals surface area contributed by atoms with Gasteiger partial charge in [0.15, 0.2) is 4.77 Å². The Morgan fingerprint density at radius 1 is 1.16 bits per heavy atom. The van der Waals surface area contributed by atoms with E-state index in [1.54, 1.807) is 24.3 Å². The molecule has 0 spiro atoms. The molecule has 8 heteroatoms. The topological polar surface area (TPSA) is 77.1 Å². The SMILES string of the molecule is CCN1CCc2c([nH]c3ccccc23)C1c1c(O)n(-c2ccc(Cl)cc2)c(=S)[nH]c1=O. The summed E-state index contributed by atoms with van der Waals surface area (Å²) in [6, 6.07) is 14.7. The van der Waals surface area contributed by atoms with Crippen molar-refractivity contribution in [2.45, 2.75) is 19.4 Å². The normalized spacial score (nSPS) is 16.5. The second-order valence-corrected chi connectivity index (χ2v) is 8.48. The number of nitrogens with one attached hydrogen (secondary N) is 2. The minimum absolute atomic E-state index is 0.129. The summed E-state index contributed by atoms with van der Waals surface area (Å²) in [6.45, 7) is 3.57. The van der Waals surface area contributed by atoms with Crippen molar-refractivity contribution in [2.24, 2.45) is 0 Å². The molecule has 1 unspecified atom stereocenters. The number of aromatic amines is 2. The minimum atomic E-state index is -0.418. The van der Waals surface area contributed by atoms with Gasteiger partial charge in [-0.3, -0.25) is 19.2 Å². The third-order valence-electron chi connectivity index (χ3n) is 6.02. The summed E-state index contributed by atoms with van der Waals surface area (Å²) < 4.78 is 1.61. The van der Waals surface area contributed by atoms with Crippen LogP contribution in [0.1, 0.15) is 29.8 Å². The number of para-hydroxylation sites is 1. The number of hydrogen-bond acceptors (Lipinski definition) is 4. The van der Waals surface area contributed by atoms with E-state index in [0.29, 0.717) is 10.7 Å². The van der Waals surface area contributed by atoms with E-state index in [4.69, 9.17) is 23.8 Å². The number of fused-ring (bicyclic) bond motifs is 3. The Hall–Kier alpha value is -2.87. The average molecular weight is 453 g/mol. The molecule has 3 heterocycles. The van der Waals surface area contributed by atoms with Gasteiger partial charge in [-0.1, -0.05) is 36.7 Å². The second-order valence-electron chi connectivity index (χ2n) is 7.65. The summed E-state index contributed by atoms with van der Waals surface area (Å²) in [5.74, 6) is -0.161. The Kier molecular flexibility index (Phi) is 4.97. The van der Waals surface area contributed by atoms with E-state index in [0.717, 1.165) is 36.1 Å². The van der Waals surface area contributed by atoms with Crippen LogP contribution in [0, 0.1) is 4.77 Å². The molecule has 0 saturated heterocycles. The number of rotatable bonds is 3. The van der Waals surface area contributed by atoms with E-state index in [9.17, 15) is 9.90 Å². The Morgan fingerprint density at radius 2 is 1.90 bits per heavy atom. The molecule has 1 aliphatic heterocycles. The van der Waals surface area contributed by atoms with Gasteiger partial charge in [0.2, 0.25) is 5.88 Å². The van der Waals surface area contributed by atoms with Gasteiger partial charge in [-0.05, 0) is 61.1 Å². The van der Waals surface area contributed by atoms with Gasteiger partial charge in [-0.25, -0.2) is 0 Å². The van der Waals surface area contributed by atoms with Gasteiger partial charge in [-0.2, -0.15) is 0 Å². The lowest BCUT2D eigenvalue weighted by atomic mass is 9.93. The smallest absolute Gasteiger partial charge is 0.260 e. The maximum atomic E-state index is 13.1. The van der Waals surface area contributed by atoms with Crippen LogP contribution in [-0.2, 0) is 6.42 Å². The molecule has 1 aliphatic rings. The van der Waals surface area contributed by atoms with Crippen molar-refractivity contribution < 1.29 is 5.11 Å². The molecule has 0 radical (unpaired) electrons. The number of likely N-dealkylation sites (N-methyl/N-ethyl adjacent to an activating group) is 1. The minimum Gasteiger partial charge on any atom is -0.494 e. The number of benzene rings is 2. The van der Waals surface area contributed by atoms with Crippen LogP contribution in [0.2, 0.25) is 5.02 Å². The summed E-state index contributed by atoms with van der Waals surface area (Å²) in [5.41, 5.74) is 3.66. The van der Waals surface area contributed by atoms with Crippen LogP contribution in [0.25, 0.3) is 16.6 Å². The highest BCUT2D eigenvalue weighted by molar-refractivity contribution is 7.71. The lowest BCUT2D eigenvalue weighted by molar-refractivity contribution is 0.215. The molecule has 4 aromatic rings. The molecule has 5 rings (SSSR count). The monoisotopic (exact) mass is 452 g/mol. The van der Waals surface area contributed by atoms with Gasteiger partial charge in [0, 0.05) is 28.2 Å². The van der Waals surface area contributed by atoms with Crippen molar-refractivity contribution in [1.82, 2.24) is 19.4 Å². The van der Waals surface area contributed by atoms with Gasteiger partial charge >= 0.3 is 0 Å². The third-order valence-corrected chi connectivity index (χ3v) is 6.56. The fourth-order valence-electron chi connectivity index (χ4n) is 4.57. The first-order chi connectivity index (χ1) is 15.0. The van der Waals surface area contributed by atoms with E-state index in [1.807, 2.05) is 18.2 Å². The fraction of sp³-hybridized carbons (Fsp3) is 0.217. The van der Waals surface area contributed by atoms with Gasteiger partial charge in [-0.15, -0.1) is 0 Å². The maximum Gasteiger partial charge on any atom is 0.260 e. The number of H-pyrrole nitrogens is 2. The van der Waals surface area contributed by atoms with Crippen molar-refractivity contribution >= 4 is 34.7 Å². The Morgan fingerprint density at radius 3 is 2.65 bits per heavy atom. The molecular weight excluding hydrogens is 432 g/mol. The molecule has 31 heavy (non-hydrogen) atoms. The predicted molar refractivity (Wildman–Crippen MR) is 125 cm³/mol. The first-order valence-electron chi connectivity index (χ1n) is 10.2. The summed E-state index contributed by atoms with van der Waals surface area (Å²) >= 11 is 11.4. The highest BCUT2D eigenvalue weighted by Crippen LogP contribution is 2.40. The number of hydrogen-bond donors (Lipinski definition) is 3. The zero-order chi connectivity index (χ0) is 21.7. The molecule has 0 bridgehead atoms. The lowest BCUT2D eigenvalue weighted by Crippen LogP contribution is -2.39. The lowest BCUT2D eigenvalue weighted by Gasteiger charge is -2.35. The molecule has 158 valence electrons. The summed E-state index contributed by atoms with van der Waals surface area (Å²) in [6.07, 6.45) is 0.874. The quantitative estimate of drug-likeness (QED) is 0.394. The van der Waals surface area contributed by atoms with Crippen LogP contribution in [-0.4, -0.2) is 37.6 Å². The number of nitrogens with zero attached hydrogens (tertiary/aromatic N) is 2. The fourth-order valence-corrected chi connectivity index (χ4v) is 4.98. The summed E-state index contributed by atoms with van der Waals surface area (Å²) in [5, 5.41) is 13.1. The van der Waals surface area contributed by atoms with Crippen LogP contribution in [0.4, 0.5) is 0 Å². The molecule has 3 N–H and O–H groups in total. The number of halogens is 1. The second kappa shape index (κ2) is 7.67. The highest BCUT2D eigenvalue weighted by Gasteiger charge is 2.35. The molecular formula is C23H21ClN4O2S. The molecule has 2 aromatic heterocycles. The Bertz CT molecular complexity index is 1400. The van der Waals surface area contributed by atoms with Crippen LogP contribution in [0.5, 0.6) is 5.88 Å². The Labute approximate surface area is 188 Å². The van der Waals surface area contributed by atoms with E-state index in [1.165, 1.54) is 10.1 Å². The molecule has 0 fully saturated rings. The first kappa shape index (κ1) is 20.1. The van der Waals surface area contributed by atoms with Crippen molar-refractivity contribution in [2.75, 3.05) is 13.1 Å². The van der Waals surface area contributed by atoms with Crippen LogP contribution in [0.3, 0.4) is 0 Å². The number of aromatic hydroxyl groups is 1. The largest absolute Gasteiger partial charge is 0.494 e. The van der Waals surface area contributed by atoms with E-state index in [-0.39, 0.29) is 21.8 Å². The van der Waals surface area contributed by atoms with Crippen molar-refractivity contribution in [3.8, 4) is 11.6 Å². The number of aromatic nitrogens is 3. The van der Waals surface area contributed by atoms with E-state index in [2.05, 4.69) is 27.9 Å². The highest BCUT2D eigenvalue weighted by atomic mass is 35.5. The van der Waals surface area contributed by atoms with E-state index < -0.39 is 6.04 Å². The molecule has 2 aromatic carbocycles. The van der Waals surface area contributed by atoms with Crippen molar-refractivity contribution in [3.63, 3.8) is 0 Å². The predicted octanol–water partition coefficient (Wildman–Crippen LogP) is 4.70. The Balaban J connectivity index is 1.78. The zero-order valence-corrected chi connectivity index (χ0v) is 18.4. The van der Waals surface area contributed by atoms with Crippen LogP contribution >= 0.6 is 23.8 Å². The third kappa shape index (κ3) is 3.20. The first-order valence-corrected chi connectivity index (χ1v) is 11.0. The molecule has 1 atom stereocenters. The van der Waals surface area contributed by atoms with Gasteiger partial charge in [0.05, 0.1) is 11.7 Å². The van der Waals surface area contributed by atoms with Crippen LogP contribution in [0.15, 0.2) is 53.3 Å². The summed E-state index contributed by atoms with van der Waals surface area (Å²) in [4.78, 5) is 21.6. The molecule has 0 amide bonds. The molecule has 0 aliphatic carbocycles. The van der Waals surface area contributed by atoms with Crippen molar-refractivity contribution in [3.05, 3.63) is 85.5 Å². The average Bonchev–Trinajstić information content (AvgIpc) is 3.14. The van der Waals surface area contributed by atoms with Crippen LogP contribution < -0.4 is 5.56 Å². The van der Waals surface area contributed by atoms with Gasteiger partial charge < -0.3 is 10.1 Å².